The number of pyridine rings is 1. The van der Waals surface area contributed by atoms with Gasteiger partial charge >= 0.3 is 5.97 Å². The summed E-state index contributed by atoms with van der Waals surface area (Å²) in [5.41, 5.74) is -0.115. The van der Waals surface area contributed by atoms with E-state index in [0.717, 1.165) is 0 Å². The highest BCUT2D eigenvalue weighted by molar-refractivity contribution is 6.48. The van der Waals surface area contributed by atoms with E-state index in [1.165, 1.54) is 12.3 Å². The molecule has 2 aromatic rings. The van der Waals surface area contributed by atoms with Crippen molar-refractivity contribution in [2.24, 2.45) is 0 Å². The predicted molar refractivity (Wildman–Crippen MR) is 75.7 cm³/mol. The van der Waals surface area contributed by atoms with Crippen molar-refractivity contribution in [1.82, 2.24) is 4.98 Å². The van der Waals surface area contributed by atoms with E-state index in [-0.39, 0.29) is 26.5 Å². The molecule has 1 aromatic heterocycles. The van der Waals surface area contributed by atoms with Crippen LogP contribution in [0, 0.1) is 0 Å². The largest absolute Gasteiger partial charge is 0.422 e. The van der Waals surface area contributed by atoms with Crippen molar-refractivity contribution in [3.05, 3.63) is 56.2 Å². The van der Waals surface area contributed by atoms with Crippen molar-refractivity contribution in [2.75, 3.05) is 0 Å². The number of carbonyl (C=O) groups excluding carboxylic acids is 1. The molecule has 0 bridgehead atoms. The number of benzene rings is 1. The lowest BCUT2D eigenvalue weighted by molar-refractivity contribution is 0.0729. The van der Waals surface area contributed by atoms with Gasteiger partial charge in [-0.2, -0.15) is 0 Å². The Bertz CT molecular complexity index is 646. The van der Waals surface area contributed by atoms with Crippen molar-refractivity contribution in [1.29, 1.82) is 0 Å². The Morgan fingerprint density at radius 3 is 2.53 bits per heavy atom. The third-order valence-corrected chi connectivity index (χ3v) is 3.59. The Kier molecular flexibility index (Phi) is 4.53. The summed E-state index contributed by atoms with van der Waals surface area (Å²) in [6.07, 6.45) is 1.23. The van der Waals surface area contributed by atoms with Crippen LogP contribution in [0.1, 0.15) is 10.5 Å². The topological polar surface area (TPSA) is 39.2 Å². The van der Waals surface area contributed by atoms with Crippen molar-refractivity contribution in [2.45, 2.75) is 0 Å². The van der Waals surface area contributed by atoms with E-state index in [1.807, 2.05) is 0 Å². The minimum Gasteiger partial charge on any atom is -0.422 e. The lowest BCUT2D eigenvalue weighted by Gasteiger charge is -2.06. The number of rotatable bonds is 2. The molecule has 0 aliphatic carbocycles. The van der Waals surface area contributed by atoms with Crippen LogP contribution in [0.25, 0.3) is 0 Å². The minimum atomic E-state index is -0.745. The highest BCUT2D eigenvalue weighted by Crippen LogP contribution is 2.31. The maximum Gasteiger partial charge on any atom is 0.363 e. The molecule has 7 heteroatoms. The van der Waals surface area contributed by atoms with Crippen LogP contribution in [0.4, 0.5) is 0 Å². The minimum absolute atomic E-state index is 0.0522. The number of hydrogen-bond donors (Lipinski definition) is 0. The standard InChI is InChI=1S/C12H5Cl4NO2/c13-6-2-1-3-7(4-6)19-12(18)11-10(16)9(15)8(14)5-17-11/h1-5H. The maximum atomic E-state index is 11.9. The van der Waals surface area contributed by atoms with Crippen LogP contribution in [-0.2, 0) is 0 Å². The molecule has 0 atom stereocenters. The zero-order valence-electron chi connectivity index (χ0n) is 9.16. The van der Waals surface area contributed by atoms with E-state index in [4.69, 9.17) is 51.1 Å². The number of carbonyl (C=O) groups is 1. The van der Waals surface area contributed by atoms with Gasteiger partial charge in [0.2, 0.25) is 0 Å². The number of aromatic nitrogens is 1. The van der Waals surface area contributed by atoms with E-state index in [9.17, 15) is 4.79 Å². The molecule has 0 aliphatic heterocycles. The molecule has 0 amide bonds. The van der Waals surface area contributed by atoms with Crippen molar-refractivity contribution in [3.63, 3.8) is 0 Å². The quantitative estimate of drug-likeness (QED) is 0.577. The van der Waals surface area contributed by atoms with Gasteiger partial charge in [-0.1, -0.05) is 52.5 Å². The zero-order valence-corrected chi connectivity index (χ0v) is 12.2. The molecule has 1 heterocycles. The third-order valence-electron chi connectivity index (χ3n) is 2.12. The predicted octanol–water partition coefficient (Wildman–Crippen LogP) is 4.91. The van der Waals surface area contributed by atoms with Gasteiger partial charge in [-0.05, 0) is 18.2 Å². The number of esters is 1. The van der Waals surface area contributed by atoms with E-state index in [1.54, 1.807) is 18.2 Å². The summed E-state index contributed by atoms with van der Waals surface area (Å²) in [4.78, 5) is 15.7. The first-order chi connectivity index (χ1) is 8.99. The van der Waals surface area contributed by atoms with E-state index >= 15 is 0 Å². The Balaban J connectivity index is 2.28. The first kappa shape index (κ1) is 14.4. The molecule has 3 nitrogen and oxygen atoms in total. The summed E-state index contributed by atoms with van der Waals surface area (Å²) in [5.74, 6) is -0.465. The third kappa shape index (κ3) is 3.31. The second-order valence-electron chi connectivity index (χ2n) is 3.43. The molecule has 19 heavy (non-hydrogen) atoms. The Labute approximate surface area is 129 Å². The molecule has 0 saturated carbocycles. The fraction of sp³-hybridized carbons (Fsp3) is 0. The fourth-order valence-electron chi connectivity index (χ4n) is 1.27. The summed E-state index contributed by atoms with van der Waals surface area (Å²) in [6.45, 7) is 0. The number of halogens is 4. The molecule has 2 rings (SSSR count). The lowest BCUT2D eigenvalue weighted by atomic mass is 10.3. The highest BCUT2D eigenvalue weighted by Gasteiger charge is 2.19. The molecule has 0 aliphatic rings. The van der Waals surface area contributed by atoms with E-state index in [0.29, 0.717) is 5.02 Å². The van der Waals surface area contributed by atoms with Crippen molar-refractivity contribution < 1.29 is 9.53 Å². The molecular formula is C12H5Cl4NO2. The van der Waals surface area contributed by atoms with E-state index in [2.05, 4.69) is 4.98 Å². The van der Waals surface area contributed by atoms with Crippen LogP contribution >= 0.6 is 46.4 Å². The van der Waals surface area contributed by atoms with Gasteiger partial charge in [0, 0.05) is 11.2 Å². The van der Waals surface area contributed by atoms with Crippen LogP contribution in [-0.4, -0.2) is 11.0 Å². The van der Waals surface area contributed by atoms with Crippen molar-refractivity contribution in [3.8, 4) is 5.75 Å². The van der Waals surface area contributed by atoms with Gasteiger partial charge in [0.1, 0.15) is 5.75 Å². The fourth-order valence-corrected chi connectivity index (χ4v) is 2.01. The van der Waals surface area contributed by atoms with Gasteiger partial charge in [0.25, 0.3) is 0 Å². The van der Waals surface area contributed by atoms with Gasteiger partial charge in [0.15, 0.2) is 5.69 Å². The van der Waals surface area contributed by atoms with Gasteiger partial charge in [-0.15, -0.1) is 0 Å². The Hall–Kier alpha value is -1.000. The molecule has 0 unspecified atom stereocenters. The summed E-state index contributed by atoms with van der Waals surface area (Å²) < 4.78 is 5.08. The van der Waals surface area contributed by atoms with Gasteiger partial charge in [-0.25, -0.2) is 9.78 Å². The number of hydrogen-bond acceptors (Lipinski definition) is 3. The first-order valence-electron chi connectivity index (χ1n) is 4.96. The van der Waals surface area contributed by atoms with Gasteiger partial charge < -0.3 is 4.74 Å². The normalized spacial score (nSPS) is 10.3. The van der Waals surface area contributed by atoms with Gasteiger partial charge in [0.05, 0.1) is 15.1 Å². The lowest BCUT2D eigenvalue weighted by Crippen LogP contribution is -2.11. The van der Waals surface area contributed by atoms with Gasteiger partial charge in [-0.3, -0.25) is 0 Å². The average Bonchev–Trinajstić information content (AvgIpc) is 2.36. The molecule has 0 radical (unpaired) electrons. The maximum absolute atomic E-state index is 11.9. The van der Waals surface area contributed by atoms with Crippen LogP contribution in [0.3, 0.4) is 0 Å². The molecule has 0 saturated heterocycles. The van der Waals surface area contributed by atoms with Crippen LogP contribution in [0.5, 0.6) is 5.75 Å². The molecule has 1 aromatic carbocycles. The van der Waals surface area contributed by atoms with Crippen LogP contribution in [0.2, 0.25) is 20.1 Å². The monoisotopic (exact) mass is 335 g/mol. The smallest absolute Gasteiger partial charge is 0.363 e. The molecule has 0 fully saturated rings. The summed E-state index contributed by atoms with van der Waals surface area (Å²) in [7, 11) is 0. The average molecular weight is 337 g/mol. The van der Waals surface area contributed by atoms with Crippen molar-refractivity contribution >= 4 is 52.4 Å². The molecule has 0 N–H and O–H groups in total. The zero-order chi connectivity index (χ0) is 14.0. The second kappa shape index (κ2) is 5.97. The SMILES string of the molecule is O=C(Oc1cccc(Cl)c1)c1ncc(Cl)c(Cl)c1Cl. The van der Waals surface area contributed by atoms with E-state index < -0.39 is 5.97 Å². The second-order valence-corrected chi connectivity index (χ2v) is 5.03. The number of nitrogens with zero attached hydrogens (tertiary/aromatic N) is 1. The molecule has 0 spiro atoms. The first-order valence-corrected chi connectivity index (χ1v) is 6.47. The van der Waals surface area contributed by atoms with Crippen LogP contribution in [0.15, 0.2) is 30.5 Å². The van der Waals surface area contributed by atoms with Crippen LogP contribution < -0.4 is 4.74 Å². The Morgan fingerprint density at radius 1 is 1.11 bits per heavy atom. The summed E-state index contributed by atoms with van der Waals surface area (Å²) >= 11 is 23.2. The Morgan fingerprint density at radius 2 is 1.84 bits per heavy atom. The summed E-state index contributed by atoms with van der Waals surface area (Å²) in [6, 6.07) is 6.37. The molecular weight excluding hydrogens is 332 g/mol. The molecule has 98 valence electrons. The summed E-state index contributed by atoms with van der Waals surface area (Å²) in [5, 5.41) is 0.599. The highest BCUT2D eigenvalue weighted by atomic mass is 35.5. The number of ether oxygens (including phenoxy) is 1.